The van der Waals surface area contributed by atoms with Gasteiger partial charge in [0.2, 0.25) is 0 Å². The average molecular weight is 320 g/mol. The zero-order chi connectivity index (χ0) is 16.1. The summed E-state index contributed by atoms with van der Waals surface area (Å²) in [5.41, 5.74) is 8.31. The van der Waals surface area contributed by atoms with Gasteiger partial charge in [-0.1, -0.05) is 54.7 Å². The molecular formula is C19H16N2OS. The van der Waals surface area contributed by atoms with Crippen LogP contribution in [0, 0.1) is 0 Å². The van der Waals surface area contributed by atoms with Gasteiger partial charge in [0.15, 0.2) is 5.75 Å². The molecule has 0 fully saturated rings. The fraction of sp³-hybridized carbons (Fsp3) is 0. The van der Waals surface area contributed by atoms with Gasteiger partial charge < -0.3 is 15.8 Å². The van der Waals surface area contributed by atoms with Crippen LogP contribution in [0.5, 0.6) is 11.5 Å². The van der Waals surface area contributed by atoms with Gasteiger partial charge in [-0.3, -0.25) is 0 Å². The van der Waals surface area contributed by atoms with Gasteiger partial charge in [0, 0.05) is 5.69 Å². The molecule has 0 atom stereocenters. The third-order valence-electron chi connectivity index (χ3n) is 3.28. The van der Waals surface area contributed by atoms with E-state index in [1.165, 1.54) is 0 Å². The molecule has 0 saturated carbocycles. The van der Waals surface area contributed by atoms with Crippen LogP contribution in [0.4, 0.5) is 11.4 Å². The van der Waals surface area contributed by atoms with Gasteiger partial charge in [-0.05, 0) is 36.4 Å². The lowest BCUT2D eigenvalue weighted by Gasteiger charge is -2.15. The molecule has 0 aliphatic carbocycles. The summed E-state index contributed by atoms with van der Waals surface area (Å²) in [6, 6.07) is 24.8. The lowest BCUT2D eigenvalue weighted by molar-refractivity contribution is 0.484. The number of anilines is 2. The highest BCUT2D eigenvalue weighted by Gasteiger charge is 2.13. The van der Waals surface area contributed by atoms with E-state index in [-0.39, 0.29) is 0 Å². The summed E-state index contributed by atoms with van der Waals surface area (Å²) in [6.07, 6.45) is 0. The molecule has 3 nitrogen and oxygen atoms in total. The van der Waals surface area contributed by atoms with Crippen LogP contribution < -0.4 is 15.8 Å². The van der Waals surface area contributed by atoms with Crippen LogP contribution in [-0.2, 0) is 0 Å². The van der Waals surface area contributed by atoms with Crippen LogP contribution in [0.3, 0.4) is 0 Å². The van der Waals surface area contributed by atoms with E-state index in [1.807, 2.05) is 72.8 Å². The number of hydrogen-bond donors (Lipinski definition) is 2. The summed E-state index contributed by atoms with van der Waals surface area (Å²) >= 11 is 5.52. The highest BCUT2D eigenvalue weighted by Crippen LogP contribution is 2.32. The van der Waals surface area contributed by atoms with Crippen LogP contribution in [0.2, 0.25) is 0 Å². The van der Waals surface area contributed by atoms with Gasteiger partial charge in [-0.15, -0.1) is 0 Å². The van der Waals surface area contributed by atoms with Crippen LogP contribution in [0.1, 0.15) is 5.56 Å². The van der Waals surface area contributed by atoms with Gasteiger partial charge in [0.05, 0.1) is 11.3 Å². The average Bonchev–Trinajstić information content (AvgIpc) is 2.58. The predicted molar refractivity (Wildman–Crippen MR) is 99.1 cm³/mol. The molecule has 3 N–H and O–H groups in total. The molecule has 0 bridgehead atoms. The minimum Gasteiger partial charge on any atom is -0.454 e. The third kappa shape index (κ3) is 3.67. The Hall–Kier alpha value is -2.85. The molecule has 0 saturated heterocycles. The van der Waals surface area contributed by atoms with E-state index in [9.17, 15) is 0 Å². The smallest absolute Gasteiger partial charge is 0.160 e. The Bertz CT molecular complexity index is 804. The summed E-state index contributed by atoms with van der Waals surface area (Å²) in [4.78, 5) is 0.564. The molecule has 0 unspecified atom stereocenters. The minimum absolute atomic E-state index is 0.545. The number of thiocarbonyl (C=S) groups is 1. The molecule has 0 radical (unpaired) electrons. The van der Waals surface area contributed by atoms with E-state index >= 15 is 0 Å². The number of benzene rings is 3. The molecule has 3 aromatic rings. The van der Waals surface area contributed by atoms with Crippen molar-refractivity contribution in [2.75, 3.05) is 11.1 Å². The van der Waals surface area contributed by atoms with Gasteiger partial charge in [0.1, 0.15) is 10.7 Å². The first-order chi connectivity index (χ1) is 11.2. The Labute approximate surface area is 140 Å². The van der Waals surface area contributed by atoms with Crippen LogP contribution >= 0.6 is 12.2 Å². The van der Waals surface area contributed by atoms with Crippen molar-refractivity contribution in [1.29, 1.82) is 0 Å². The van der Waals surface area contributed by atoms with E-state index in [0.717, 1.165) is 11.3 Å². The zero-order valence-electron chi connectivity index (χ0n) is 12.4. The highest BCUT2D eigenvalue weighted by atomic mass is 32.1. The van der Waals surface area contributed by atoms with Crippen molar-refractivity contribution in [2.45, 2.75) is 0 Å². The van der Waals surface area contributed by atoms with E-state index in [2.05, 4.69) is 5.32 Å². The second kappa shape index (κ2) is 6.94. The van der Waals surface area contributed by atoms with Crippen LogP contribution in [0.15, 0.2) is 78.9 Å². The van der Waals surface area contributed by atoms with E-state index in [4.69, 9.17) is 22.7 Å². The number of rotatable bonds is 4. The molecule has 0 heterocycles. The van der Waals surface area contributed by atoms with Crippen molar-refractivity contribution >= 4 is 28.6 Å². The standard InChI is InChI=1S/C19H16N2OS/c20-17-13-7-12-16(18(17)22-15-10-5-2-6-11-15)19(23)21-14-8-3-1-4-9-14/h1-13H,20H2,(H,21,23). The fourth-order valence-electron chi connectivity index (χ4n) is 2.17. The zero-order valence-corrected chi connectivity index (χ0v) is 13.2. The van der Waals surface area contributed by atoms with E-state index in [1.54, 1.807) is 6.07 Å². The fourth-order valence-corrected chi connectivity index (χ4v) is 2.45. The SMILES string of the molecule is Nc1cccc(C(=S)Nc2ccccc2)c1Oc1ccccc1. The van der Waals surface area contributed by atoms with Crippen molar-refractivity contribution in [1.82, 2.24) is 0 Å². The second-order valence-electron chi connectivity index (χ2n) is 4.96. The largest absolute Gasteiger partial charge is 0.454 e. The summed E-state index contributed by atoms with van der Waals surface area (Å²) in [5, 5.41) is 3.21. The maximum absolute atomic E-state index is 6.09. The maximum atomic E-state index is 6.09. The molecule has 4 heteroatoms. The summed E-state index contributed by atoms with van der Waals surface area (Å²) in [6.45, 7) is 0. The van der Waals surface area contributed by atoms with Gasteiger partial charge in [-0.25, -0.2) is 0 Å². The summed E-state index contributed by atoms with van der Waals surface area (Å²) < 4.78 is 5.95. The Morgan fingerprint density at radius 2 is 1.48 bits per heavy atom. The van der Waals surface area contributed by atoms with Crippen molar-refractivity contribution < 1.29 is 4.74 Å². The molecule has 114 valence electrons. The number of nitrogens with one attached hydrogen (secondary N) is 1. The first-order valence-corrected chi connectivity index (χ1v) is 7.62. The highest BCUT2D eigenvalue weighted by molar-refractivity contribution is 7.81. The number of para-hydroxylation sites is 3. The van der Waals surface area contributed by atoms with Gasteiger partial charge in [-0.2, -0.15) is 0 Å². The van der Waals surface area contributed by atoms with E-state index < -0.39 is 0 Å². The monoisotopic (exact) mass is 320 g/mol. The Morgan fingerprint density at radius 1 is 0.826 bits per heavy atom. The Morgan fingerprint density at radius 3 is 2.17 bits per heavy atom. The quantitative estimate of drug-likeness (QED) is 0.533. The maximum Gasteiger partial charge on any atom is 0.160 e. The molecule has 23 heavy (non-hydrogen) atoms. The lowest BCUT2D eigenvalue weighted by atomic mass is 10.1. The van der Waals surface area contributed by atoms with Crippen molar-refractivity contribution in [3.05, 3.63) is 84.4 Å². The lowest BCUT2D eigenvalue weighted by Crippen LogP contribution is -2.12. The number of nitrogens with two attached hydrogens (primary N) is 1. The molecule has 0 aromatic heterocycles. The van der Waals surface area contributed by atoms with Crippen LogP contribution in [-0.4, -0.2) is 4.99 Å². The number of ether oxygens (including phenoxy) is 1. The topological polar surface area (TPSA) is 47.3 Å². The number of nitrogen functional groups attached to an aromatic ring is 1. The normalized spacial score (nSPS) is 10.1. The molecule has 3 aromatic carbocycles. The van der Waals surface area contributed by atoms with Crippen molar-refractivity contribution in [3.8, 4) is 11.5 Å². The minimum atomic E-state index is 0.545. The summed E-state index contributed by atoms with van der Waals surface area (Å²) in [7, 11) is 0. The first kappa shape index (κ1) is 15.1. The Kier molecular flexibility index (Phi) is 4.54. The third-order valence-corrected chi connectivity index (χ3v) is 3.61. The predicted octanol–water partition coefficient (Wildman–Crippen LogP) is 4.85. The van der Waals surface area contributed by atoms with Gasteiger partial charge in [0.25, 0.3) is 0 Å². The molecule has 0 spiro atoms. The Balaban J connectivity index is 1.90. The van der Waals surface area contributed by atoms with Crippen molar-refractivity contribution in [3.63, 3.8) is 0 Å². The molecular weight excluding hydrogens is 304 g/mol. The van der Waals surface area contributed by atoms with Crippen molar-refractivity contribution in [2.24, 2.45) is 0 Å². The molecule has 3 rings (SSSR count). The molecule has 0 aliphatic rings. The first-order valence-electron chi connectivity index (χ1n) is 7.22. The molecule has 0 amide bonds. The van der Waals surface area contributed by atoms with Crippen LogP contribution in [0.25, 0.3) is 0 Å². The summed E-state index contributed by atoms with van der Waals surface area (Å²) in [5.74, 6) is 1.28. The molecule has 0 aliphatic heterocycles. The number of hydrogen-bond acceptors (Lipinski definition) is 3. The van der Waals surface area contributed by atoms with Gasteiger partial charge >= 0.3 is 0 Å². The second-order valence-corrected chi connectivity index (χ2v) is 5.37. The van der Waals surface area contributed by atoms with E-state index in [0.29, 0.717) is 22.2 Å².